The van der Waals surface area contributed by atoms with Crippen molar-refractivity contribution in [1.29, 1.82) is 0 Å². The van der Waals surface area contributed by atoms with Crippen LogP contribution in [0.5, 0.6) is 0 Å². The molecule has 1 unspecified atom stereocenters. The fourth-order valence-electron chi connectivity index (χ4n) is 1.31. The fourth-order valence-corrected chi connectivity index (χ4v) is 1.31. The van der Waals surface area contributed by atoms with Gasteiger partial charge in [-0.25, -0.2) is 4.79 Å². The molecule has 0 fully saturated rings. The fraction of sp³-hybridized carbons (Fsp3) is 0.636. The van der Waals surface area contributed by atoms with Crippen LogP contribution in [0.15, 0.2) is 11.8 Å². The summed E-state index contributed by atoms with van der Waals surface area (Å²) in [5, 5.41) is 11.8. The second-order valence-electron chi connectivity index (χ2n) is 4.10. The number of allylic oxidation sites excluding steroid dienone is 2. The van der Waals surface area contributed by atoms with Crippen LogP contribution in [0.3, 0.4) is 0 Å². The van der Waals surface area contributed by atoms with Crippen LogP contribution in [0, 0.1) is 5.92 Å². The van der Waals surface area contributed by atoms with Crippen molar-refractivity contribution in [3.8, 4) is 0 Å². The molecular weight excluding hydrogens is 194 g/mol. The smallest absolute Gasteiger partial charge is 0.326 e. The van der Waals surface area contributed by atoms with Crippen molar-refractivity contribution in [2.75, 3.05) is 0 Å². The molecule has 0 saturated carbocycles. The number of hydrogen-bond acceptors (Lipinski definition) is 3. The Kier molecular flexibility index (Phi) is 5.67. The number of hydrogen-bond donors (Lipinski definition) is 2. The first-order valence-electron chi connectivity index (χ1n) is 5.01. The van der Waals surface area contributed by atoms with Gasteiger partial charge in [-0.05, 0) is 32.3 Å². The predicted octanol–water partition coefficient (Wildman–Crippen LogP) is 1.57. The molecule has 4 heteroatoms. The molecule has 0 aliphatic rings. The van der Waals surface area contributed by atoms with Crippen LogP contribution in [0.4, 0.5) is 0 Å². The Bertz CT molecular complexity index is 269. The molecule has 4 nitrogen and oxygen atoms in total. The van der Waals surface area contributed by atoms with Crippen LogP contribution in [0.1, 0.15) is 34.1 Å². The van der Waals surface area contributed by atoms with Crippen molar-refractivity contribution in [2.45, 2.75) is 40.2 Å². The Morgan fingerprint density at radius 2 is 1.87 bits per heavy atom. The van der Waals surface area contributed by atoms with Gasteiger partial charge in [0.25, 0.3) is 0 Å². The Morgan fingerprint density at radius 3 is 2.20 bits per heavy atom. The third-order valence-corrected chi connectivity index (χ3v) is 1.83. The summed E-state index contributed by atoms with van der Waals surface area (Å²) in [7, 11) is 0. The van der Waals surface area contributed by atoms with Crippen molar-refractivity contribution in [3.05, 3.63) is 11.8 Å². The summed E-state index contributed by atoms with van der Waals surface area (Å²) in [4.78, 5) is 21.6. The third-order valence-electron chi connectivity index (χ3n) is 1.83. The quantitative estimate of drug-likeness (QED) is 0.657. The monoisotopic (exact) mass is 213 g/mol. The Labute approximate surface area is 90.4 Å². The minimum absolute atomic E-state index is 0.0892. The van der Waals surface area contributed by atoms with E-state index >= 15 is 0 Å². The maximum atomic E-state index is 10.9. The molecule has 0 bridgehead atoms. The number of carboxylic acids is 1. The first-order valence-corrected chi connectivity index (χ1v) is 5.01. The number of nitrogens with one attached hydrogen (secondary N) is 1. The largest absolute Gasteiger partial charge is 0.480 e. The first kappa shape index (κ1) is 13.7. The summed E-state index contributed by atoms with van der Waals surface area (Å²) in [5.41, 5.74) is 0.593. The van der Waals surface area contributed by atoms with E-state index in [4.69, 9.17) is 5.11 Å². The highest BCUT2D eigenvalue weighted by Gasteiger charge is 2.18. The molecular formula is C11H19NO3. The molecule has 0 rings (SSSR count). The van der Waals surface area contributed by atoms with Crippen LogP contribution in [0.25, 0.3) is 0 Å². The lowest BCUT2D eigenvalue weighted by Gasteiger charge is -2.17. The maximum Gasteiger partial charge on any atom is 0.326 e. The molecule has 0 aromatic heterocycles. The average molecular weight is 213 g/mol. The van der Waals surface area contributed by atoms with E-state index < -0.39 is 12.0 Å². The van der Waals surface area contributed by atoms with Gasteiger partial charge in [0.05, 0.1) is 0 Å². The lowest BCUT2D eigenvalue weighted by molar-refractivity contribution is -0.139. The zero-order valence-corrected chi connectivity index (χ0v) is 9.70. The van der Waals surface area contributed by atoms with Gasteiger partial charge in [0, 0.05) is 5.70 Å². The van der Waals surface area contributed by atoms with Gasteiger partial charge in [0.2, 0.25) is 0 Å². The van der Waals surface area contributed by atoms with Gasteiger partial charge in [0.15, 0.2) is 5.78 Å². The van der Waals surface area contributed by atoms with Crippen LogP contribution >= 0.6 is 0 Å². The highest BCUT2D eigenvalue weighted by molar-refractivity contribution is 5.87. The summed E-state index contributed by atoms with van der Waals surface area (Å²) < 4.78 is 0. The van der Waals surface area contributed by atoms with Crippen LogP contribution in [-0.2, 0) is 9.59 Å². The minimum Gasteiger partial charge on any atom is -0.480 e. The predicted molar refractivity (Wildman–Crippen MR) is 58.5 cm³/mol. The van der Waals surface area contributed by atoms with Crippen molar-refractivity contribution in [2.24, 2.45) is 5.92 Å². The number of ketones is 1. The molecule has 0 aliphatic carbocycles. The molecule has 2 N–H and O–H groups in total. The normalized spacial score (nSPS) is 13.8. The van der Waals surface area contributed by atoms with E-state index in [1.165, 1.54) is 13.0 Å². The Hall–Kier alpha value is -1.32. The number of rotatable bonds is 6. The number of carbonyl (C=O) groups is 2. The molecule has 0 heterocycles. The van der Waals surface area contributed by atoms with Gasteiger partial charge in [-0.1, -0.05) is 13.8 Å². The highest BCUT2D eigenvalue weighted by Crippen LogP contribution is 2.06. The molecule has 15 heavy (non-hydrogen) atoms. The number of carbonyl (C=O) groups excluding carboxylic acids is 1. The molecule has 0 spiro atoms. The summed E-state index contributed by atoms with van der Waals surface area (Å²) in [5.74, 6) is -0.683. The van der Waals surface area contributed by atoms with Crippen molar-refractivity contribution < 1.29 is 14.7 Å². The lowest BCUT2D eigenvalue weighted by Crippen LogP contribution is -2.36. The lowest BCUT2D eigenvalue weighted by atomic mass is 10.0. The molecule has 1 atom stereocenters. The standard InChI is InChI=1S/C11H19NO3/c1-7(2)5-10(11(14)15)12-8(3)6-9(4)13/h6-7,10,12H,5H2,1-4H3,(H,14,15)/b8-6+. The molecule has 0 saturated heterocycles. The van der Waals surface area contributed by atoms with E-state index in [-0.39, 0.29) is 5.78 Å². The first-order chi connectivity index (χ1) is 6.82. The molecule has 0 aliphatic heterocycles. The second-order valence-corrected chi connectivity index (χ2v) is 4.10. The maximum absolute atomic E-state index is 10.9. The summed E-state index contributed by atoms with van der Waals surface area (Å²) in [6.07, 6.45) is 1.94. The number of aliphatic carboxylic acids is 1. The van der Waals surface area contributed by atoms with Crippen LogP contribution < -0.4 is 5.32 Å². The minimum atomic E-state index is -0.889. The van der Waals surface area contributed by atoms with Gasteiger partial charge in [0.1, 0.15) is 6.04 Å². The van der Waals surface area contributed by atoms with Gasteiger partial charge in [-0.2, -0.15) is 0 Å². The van der Waals surface area contributed by atoms with Crippen molar-refractivity contribution in [1.82, 2.24) is 5.32 Å². The Morgan fingerprint density at radius 1 is 1.33 bits per heavy atom. The second kappa shape index (κ2) is 6.22. The Balaban J connectivity index is 4.41. The summed E-state index contributed by atoms with van der Waals surface area (Å²) >= 11 is 0. The molecule has 0 aromatic carbocycles. The van der Waals surface area contributed by atoms with E-state index in [0.29, 0.717) is 18.0 Å². The zero-order valence-electron chi connectivity index (χ0n) is 9.70. The summed E-state index contributed by atoms with van der Waals surface area (Å²) in [6.45, 7) is 7.05. The van der Waals surface area contributed by atoms with Crippen LogP contribution in [-0.4, -0.2) is 22.9 Å². The van der Waals surface area contributed by atoms with Gasteiger partial charge >= 0.3 is 5.97 Å². The van der Waals surface area contributed by atoms with Gasteiger partial charge in [-0.15, -0.1) is 0 Å². The molecule has 86 valence electrons. The van der Waals surface area contributed by atoms with E-state index in [2.05, 4.69) is 5.32 Å². The summed E-state index contributed by atoms with van der Waals surface area (Å²) in [6, 6.07) is -0.624. The van der Waals surface area contributed by atoms with Crippen LogP contribution in [0.2, 0.25) is 0 Å². The average Bonchev–Trinajstić information content (AvgIpc) is 1.99. The van der Waals surface area contributed by atoms with E-state index in [9.17, 15) is 9.59 Å². The number of carboxylic acid groups (broad SMARTS) is 1. The van der Waals surface area contributed by atoms with Gasteiger partial charge < -0.3 is 10.4 Å². The van der Waals surface area contributed by atoms with Crippen molar-refractivity contribution in [3.63, 3.8) is 0 Å². The topological polar surface area (TPSA) is 66.4 Å². The molecule has 0 amide bonds. The van der Waals surface area contributed by atoms with Crippen molar-refractivity contribution >= 4 is 11.8 Å². The zero-order chi connectivity index (χ0) is 12.0. The van der Waals surface area contributed by atoms with E-state index in [1.54, 1.807) is 6.92 Å². The molecule has 0 aromatic rings. The SMILES string of the molecule is CC(=O)/C=C(\C)NC(CC(C)C)C(=O)O. The van der Waals surface area contributed by atoms with E-state index in [1.807, 2.05) is 13.8 Å². The highest BCUT2D eigenvalue weighted by atomic mass is 16.4. The third kappa shape index (κ3) is 6.71. The van der Waals surface area contributed by atoms with E-state index in [0.717, 1.165) is 0 Å². The molecule has 0 radical (unpaired) electrons. The van der Waals surface area contributed by atoms with Gasteiger partial charge in [-0.3, -0.25) is 4.79 Å².